The molecule has 0 saturated carbocycles. The Balaban J connectivity index is 2.25. The van der Waals surface area contributed by atoms with Crippen LogP contribution >= 0.6 is 0 Å². The van der Waals surface area contributed by atoms with E-state index in [-0.39, 0.29) is 12.4 Å². The predicted octanol–water partition coefficient (Wildman–Crippen LogP) is 1.47. The number of carboxylic acids is 1. The standard InChI is InChI=1S/C12H12N4O2/c1-2-5-10(11(17)18)14-12-13-8-6-3-4-7-9(8)15-16-12/h2-4,6-7,10H,1,5H2,(H,17,18)(H,13,14,16). The minimum atomic E-state index is -0.980. The summed E-state index contributed by atoms with van der Waals surface area (Å²) in [6, 6.07) is 6.45. The van der Waals surface area contributed by atoms with Gasteiger partial charge in [-0.05, 0) is 18.6 Å². The number of carbonyl (C=O) groups is 1. The van der Waals surface area contributed by atoms with Crippen molar-refractivity contribution >= 4 is 23.0 Å². The second-order valence-corrected chi connectivity index (χ2v) is 3.68. The van der Waals surface area contributed by atoms with Crippen LogP contribution in [-0.4, -0.2) is 32.3 Å². The fourth-order valence-corrected chi connectivity index (χ4v) is 1.49. The Labute approximate surface area is 103 Å². The van der Waals surface area contributed by atoms with Crippen LogP contribution in [0.3, 0.4) is 0 Å². The highest BCUT2D eigenvalue weighted by molar-refractivity contribution is 5.78. The van der Waals surface area contributed by atoms with Gasteiger partial charge in [-0.25, -0.2) is 9.78 Å². The maximum Gasteiger partial charge on any atom is 0.326 e. The number of aliphatic carboxylic acids is 1. The third-order valence-corrected chi connectivity index (χ3v) is 2.36. The zero-order valence-electron chi connectivity index (χ0n) is 9.58. The summed E-state index contributed by atoms with van der Waals surface area (Å²) >= 11 is 0. The molecule has 1 heterocycles. The Morgan fingerprint density at radius 1 is 1.39 bits per heavy atom. The fraction of sp³-hybridized carbons (Fsp3) is 0.167. The van der Waals surface area contributed by atoms with Crippen LogP contribution < -0.4 is 5.32 Å². The Hall–Kier alpha value is -2.50. The molecule has 2 aromatic rings. The van der Waals surface area contributed by atoms with Gasteiger partial charge in [0.25, 0.3) is 0 Å². The molecule has 2 N–H and O–H groups in total. The number of hydrogen-bond donors (Lipinski definition) is 2. The van der Waals surface area contributed by atoms with E-state index in [0.29, 0.717) is 11.0 Å². The lowest BCUT2D eigenvalue weighted by Gasteiger charge is -2.11. The van der Waals surface area contributed by atoms with Crippen LogP contribution in [0.4, 0.5) is 5.95 Å². The van der Waals surface area contributed by atoms with Crippen molar-refractivity contribution in [3.63, 3.8) is 0 Å². The number of aromatic nitrogens is 3. The molecule has 0 spiro atoms. The van der Waals surface area contributed by atoms with Crippen molar-refractivity contribution in [3.05, 3.63) is 36.9 Å². The molecule has 1 aromatic heterocycles. The SMILES string of the molecule is C=CCC(Nc1nnc2ccccc2n1)C(=O)O. The van der Waals surface area contributed by atoms with Crippen molar-refractivity contribution < 1.29 is 9.90 Å². The number of carboxylic acid groups (broad SMARTS) is 1. The average Bonchev–Trinajstić information content (AvgIpc) is 2.38. The number of rotatable bonds is 5. The lowest BCUT2D eigenvalue weighted by Crippen LogP contribution is -2.29. The van der Waals surface area contributed by atoms with E-state index in [1.807, 2.05) is 12.1 Å². The summed E-state index contributed by atoms with van der Waals surface area (Å²) in [5.41, 5.74) is 1.33. The summed E-state index contributed by atoms with van der Waals surface area (Å²) in [6.45, 7) is 3.51. The van der Waals surface area contributed by atoms with E-state index in [9.17, 15) is 4.79 Å². The van der Waals surface area contributed by atoms with Gasteiger partial charge in [-0.2, -0.15) is 0 Å². The van der Waals surface area contributed by atoms with E-state index in [2.05, 4.69) is 27.1 Å². The normalized spacial score (nSPS) is 12.0. The summed E-state index contributed by atoms with van der Waals surface area (Å²) in [5, 5.41) is 19.5. The van der Waals surface area contributed by atoms with Gasteiger partial charge >= 0.3 is 5.97 Å². The second kappa shape index (κ2) is 5.22. The third kappa shape index (κ3) is 2.60. The molecule has 2 rings (SSSR count). The molecule has 0 radical (unpaired) electrons. The van der Waals surface area contributed by atoms with Crippen molar-refractivity contribution in [2.45, 2.75) is 12.5 Å². The monoisotopic (exact) mass is 244 g/mol. The molecule has 1 aromatic carbocycles. The first kappa shape index (κ1) is 12.0. The first-order valence-corrected chi connectivity index (χ1v) is 5.40. The van der Waals surface area contributed by atoms with Gasteiger partial charge in [0, 0.05) is 0 Å². The molecule has 1 unspecified atom stereocenters. The molecule has 18 heavy (non-hydrogen) atoms. The van der Waals surface area contributed by atoms with Crippen LogP contribution in [0.2, 0.25) is 0 Å². The topological polar surface area (TPSA) is 88.0 Å². The zero-order valence-corrected chi connectivity index (χ0v) is 9.58. The molecule has 92 valence electrons. The van der Waals surface area contributed by atoms with Crippen molar-refractivity contribution in [2.75, 3.05) is 5.32 Å². The highest BCUT2D eigenvalue weighted by Gasteiger charge is 2.16. The molecule has 0 aliphatic rings. The van der Waals surface area contributed by atoms with Crippen LogP contribution in [-0.2, 0) is 4.79 Å². The van der Waals surface area contributed by atoms with Crippen LogP contribution in [0.5, 0.6) is 0 Å². The summed E-state index contributed by atoms with van der Waals surface area (Å²) in [4.78, 5) is 15.2. The highest BCUT2D eigenvalue weighted by Crippen LogP contribution is 2.10. The van der Waals surface area contributed by atoms with Gasteiger partial charge in [-0.3, -0.25) is 0 Å². The molecule has 6 nitrogen and oxygen atoms in total. The van der Waals surface area contributed by atoms with Crippen molar-refractivity contribution in [1.82, 2.24) is 15.2 Å². The lowest BCUT2D eigenvalue weighted by molar-refractivity contribution is -0.137. The first-order chi connectivity index (χ1) is 8.70. The van der Waals surface area contributed by atoms with E-state index in [4.69, 9.17) is 5.11 Å². The van der Waals surface area contributed by atoms with E-state index < -0.39 is 12.0 Å². The van der Waals surface area contributed by atoms with Crippen LogP contribution in [0.25, 0.3) is 11.0 Å². The van der Waals surface area contributed by atoms with Crippen LogP contribution in [0, 0.1) is 0 Å². The van der Waals surface area contributed by atoms with Crippen LogP contribution in [0.15, 0.2) is 36.9 Å². The molecular formula is C12H12N4O2. The van der Waals surface area contributed by atoms with Crippen molar-refractivity contribution in [3.8, 4) is 0 Å². The van der Waals surface area contributed by atoms with Gasteiger partial charge in [0.15, 0.2) is 0 Å². The number of para-hydroxylation sites is 1. The van der Waals surface area contributed by atoms with Gasteiger partial charge in [0.05, 0.1) is 5.52 Å². The van der Waals surface area contributed by atoms with E-state index >= 15 is 0 Å². The number of anilines is 1. The zero-order chi connectivity index (χ0) is 13.0. The van der Waals surface area contributed by atoms with Crippen molar-refractivity contribution in [1.29, 1.82) is 0 Å². The molecule has 1 atom stereocenters. The van der Waals surface area contributed by atoms with Gasteiger partial charge in [0.2, 0.25) is 5.95 Å². The predicted molar refractivity (Wildman–Crippen MR) is 67.2 cm³/mol. The quantitative estimate of drug-likeness (QED) is 0.774. The van der Waals surface area contributed by atoms with Gasteiger partial charge in [-0.15, -0.1) is 16.8 Å². The summed E-state index contributed by atoms with van der Waals surface area (Å²) < 4.78 is 0. The van der Waals surface area contributed by atoms with E-state index in [1.165, 1.54) is 6.08 Å². The van der Waals surface area contributed by atoms with Gasteiger partial charge < -0.3 is 10.4 Å². The molecule has 0 aliphatic carbocycles. The number of nitrogens with one attached hydrogen (secondary N) is 1. The third-order valence-electron chi connectivity index (χ3n) is 2.36. The lowest BCUT2D eigenvalue weighted by atomic mass is 10.2. The summed E-state index contributed by atoms with van der Waals surface area (Å²) in [6.07, 6.45) is 1.81. The highest BCUT2D eigenvalue weighted by atomic mass is 16.4. The Morgan fingerprint density at radius 2 is 2.11 bits per heavy atom. The molecule has 0 saturated heterocycles. The second-order valence-electron chi connectivity index (χ2n) is 3.68. The molecular weight excluding hydrogens is 232 g/mol. The number of fused-ring (bicyclic) bond motifs is 1. The minimum Gasteiger partial charge on any atom is -0.480 e. The smallest absolute Gasteiger partial charge is 0.326 e. The Morgan fingerprint density at radius 3 is 2.78 bits per heavy atom. The van der Waals surface area contributed by atoms with Gasteiger partial charge in [0.1, 0.15) is 11.6 Å². The van der Waals surface area contributed by atoms with Crippen LogP contribution in [0.1, 0.15) is 6.42 Å². The van der Waals surface area contributed by atoms with Crippen molar-refractivity contribution in [2.24, 2.45) is 0 Å². The summed E-state index contributed by atoms with van der Waals surface area (Å²) in [7, 11) is 0. The number of nitrogens with zero attached hydrogens (tertiary/aromatic N) is 3. The Kier molecular flexibility index (Phi) is 3.47. The van der Waals surface area contributed by atoms with Gasteiger partial charge in [-0.1, -0.05) is 18.2 Å². The summed E-state index contributed by atoms with van der Waals surface area (Å²) in [5.74, 6) is -0.783. The fourth-order valence-electron chi connectivity index (χ4n) is 1.49. The van der Waals surface area contributed by atoms with E-state index in [0.717, 1.165) is 0 Å². The largest absolute Gasteiger partial charge is 0.480 e. The van der Waals surface area contributed by atoms with E-state index in [1.54, 1.807) is 12.1 Å². The number of benzene rings is 1. The molecule has 0 aliphatic heterocycles. The maximum absolute atomic E-state index is 11.0. The molecule has 0 amide bonds. The maximum atomic E-state index is 11.0. The Bertz CT molecular complexity index is 585. The molecule has 6 heteroatoms. The minimum absolute atomic E-state index is 0.197. The molecule has 0 bridgehead atoms. The average molecular weight is 244 g/mol. The number of hydrogen-bond acceptors (Lipinski definition) is 5. The first-order valence-electron chi connectivity index (χ1n) is 5.40. The molecule has 0 fully saturated rings.